The quantitative estimate of drug-likeness (QED) is 0.105. The third-order valence-corrected chi connectivity index (χ3v) is 8.61. The minimum atomic E-state index is -0.530. The van der Waals surface area contributed by atoms with E-state index in [1.165, 1.54) is 38.5 Å². The van der Waals surface area contributed by atoms with Crippen molar-refractivity contribution in [3.05, 3.63) is 93.2 Å². The predicted molar refractivity (Wildman–Crippen MR) is 185 cm³/mol. The van der Waals surface area contributed by atoms with Gasteiger partial charge >= 0.3 is 30.3 Å². The molecule has 46 heavy (non-hydrogen) atoms. The van der Waals surface area contributed by atoms with Crippen LogP contribution >= 0.6 is 12.6 Å². The Hall–Kier alpha value is -1.19. The Morgan fingerprint density at radius 1 is 0.804 bits per heavy atom. The molecule has 2 amide bonds. The monoisotopic (exact) mass is 690 g/mol. The number of thiol groups is 1. The van der Waals surface area contributed by atoms with Gasteiger partial charge in [0.15, 0.2) is 0 Å². The second-order valence-corrected chi connectivity index (χ2v) is 13.0. The summed E-state index contributed by atoms with van der Waals surface area (Å²) in [6.07, 6.45) is 25.0. The fourth-order valence-electron chi connectivity index (χ4n) is 4.80. The van der Waals surface area contributed by atoms with E-state index in [0.29, 0.717) is 19.0 Å². The maximum absolute atomic E-state index is 12.3. The van der Waals surface area contributed by atoms with Crippen molar-refractivity contribution in [2.24, 2.45) is 0 Å². The van der Waals surface area contributed by atoms with Crippen molar-refractivity contribution >= 4 is 37.2 Å². The number of carbonyl (C=O) groups excluding carboxylic acids is 2. The van der Waals surface area contributed by atoms with Crippen molar-refractivity contribution < 1.29 is 40.7 Å². The van der Waals surface area contributed by atoms with Gasteiger partial charge in [0.25, 0.3) is 0 Å². The summed E-state index contributed by atoms with van der Waals surface area (Å²) in [6.45, 7) is 8.69. The molecule has 3 aliphatic rings. The first-order valence-corrected chi connectivity index (χ1v) is 16.9. The Kier molecular flexibility index (Phi) is 19.3. The summed E-state index contributed by atoms with van der Waals surface area (Å²) >= 11 is 4.24. The number of benzene rings is 1. The molecule has 250 valence electrons. The molecule has 4 rings (SSSR count). The summed E-state index contributed by atoms with van der Waals surface area (Å²) in [7, 11) is -0.424. The molecule has 0 spiro atoms. The van der Waals surface area contributed by atoms with E-state index in [-0.39, 0.29) is 29.6 Å². The third-order valence-electron chi connectivity index (χ3n) is 8.30. The van der Waals surface area contributed by atoms with E-state index in [0.717, 1.165) is 35.5 Å². The standard InChI is InChI=1S/C31H46BN2O5S.C5H5.Fe/c1-30(2)31(3,4)39-32(38-30)26-17-14-24(15-18-26)23-37-29(36)34-27-19-16-25(21-27)22-33-28(35)13-11-9-7-5-6-8-10-12-20-40;1-2-4-5-3-1;/h14-19,21,40H,5-13,20,22-23H2,1-4H3,(H,33,35)(H,34,36);1-5H;/q;;+2. The van der Waals surface area contributed by atoms with Crippen molar-refractivity contribution in [2.75, 3.05) is 12.3 Å². The summed E-state index contributed by atoms with van der Waals surface area (Å²) < 4.78 is 17.6. The third kappa shape index (κ3) is 14.9. The van der Waals surface area contributed by atoms with Crippen LogP contribution in [0.5, 0.6) is 0 Å². The average Bonchev–Trinajstić information content (AvgIpc) is 3.77. The van der Waals surface area contributed by atoms with Gasteiger partial charge in [-0.25, -0.2) is 4.79 Å². The van der Waals surface area contributed by atoms with E-state index in [1.807, 2.05) is 96.9 Å². The van der Waals surface area contributed by atoms with Crippen LogP contribution in [0.2, 0.25) is 0 Å². The number of rotatable bonds is 16. The molecule has 1 aromatic rings. The molecule has 3 fully saturated rings. The SMILES string of the molecule is CC1(C)OB(c2ccc(COC(=O)N[C]3[CH][CH][C](CNC(=O)CCCCCCCCCCS)[CH]3)cc2)OC1(C)C.[CH]1[CH][CH][CH][CH]1.[Fe+2]. The first-order chi connectivity index (χ1) is 21.6. The molecule has 10 radical (unpaired) electrons. The molecule has 1 aliphatic heterocycles. The molecule has 0 aromatic heterocycles. The number of hydrogen-bond acceptors (Lipinski definition) is 6. The van der Waals surface area contributed by atoms with Crippen LogP contribution in [-0.4, -0.2) is 42.6 Å². The summed E-state index contributed by atoms with van der Waals surface area (Å²) in [5, 5.41) is 5.71. The van der Waals surface area contributed by atoms with Gasteiger partial charge in [-0.1, -0.05) is 62.8 Å². The molecular weight excluding hydrogens is 639 g/mol. The summed E-state index contributed by atoms with van der Waals surface area (Å²) in [5.74, 6) is 1.97. The molecule has 7 nitrogen and oxygen atoms in total. The van der Waals surface area contributed by atoms with Crippen LogP contribution in [0.1, 0.15) is 91.0 Å². The van der Waals surface area contributed by atoms with Crippen LogP contribution in [0.3, 0.4) is 0 Å². The minimum Gasteiger partial charge on any atom is -0.445 e. The van der Waals surface area contributed by atoms with Crippen LogP contribution in [0.25, 0.3) is 0 Å². The fourth-order valence-corrected chi connectivity index (χ4v) is 5.02. The molecule has 2 aliphatic carbocycles. The van der Waals surface area contributed by atoms with Crippen LogP contribution in [0.15, 0.2) is 24.3 Å². The zero-order valence-electron chi connectivity index (χ0n) is 27.8. The normalized spacial score (nSPS) is 18.8. The second kappa shape index (κ2) is 21.7. The molecular formula is C36H51BFeN2O5S+2. The Morgan fingerprint density at radius 3 is 1.91 bits per heavy atom. The molecule has 1 aromatic carbocycles. The Morgan fingerprint density at radius 2 is 1.35 bits per heavy atom. The van der Waals surface area contributed by atoms with Crippen LogP contribution in [0.4, 0.5) is 4.79 Å². The van der Waals surface area contributed by atoms with Crippen molar-refractivity contribution in [3.63, 3.8) is 0 Å². The van der Waals surface area contributed by atoms with E-state index in [2.05, 4.69) is 23.3 Å². The summed E-state index contributed by atoms with van der Waals surface area (Å²) in [5.41, 5.74) is 1.00. The van der Waals surface area contributed by atoms with Gasteiger partial charge in [-0.2, -0.15) is 12.6 Å². The minimum absolute atomic E-state index is 0. The second-order valence-electron chi connectivity index (χ2n) is 12.6. The number of carbonyl (C=O) groups is 2. The number of nitrogens with one attached hydrogen (secondary N) is 2. The van der Waals surface area contributed by atoms with Gasteiger partial charge in [-0.3, -0.25) is 4.79 Å². The van der Waals surface area contributed by atoms with Crippen molar-refractivity contribution in [2.45, 2.75) is 103 Å². The van der Waals surface area contributed by atoms with Crippen LogP contribution in [-0.2, 0) is 42.5 Å². The maximum Gasteiger partial charge on any atom is 2.00 e. The molecule has 10 heteroatoms. The molecule has 2 N–H and O–H groups in total. The Bertz CT molecular complexity index is 985. The van der Waals surface area contributed by atoms with Gasteiger partial charge in [-0.05, 0) is 109 Å². The van der Waals surface area contributed by atoms with Crippen LogP contribution < -0.4 is 16.1 Å². The van der Waals surface area contributed by atoms with E-state index in [9.17, 15) is 9.59 Å². The van der Waals surface area contributed by atoms with E-state index in [1.54, 1.807) is 6.42 Å². The first kappa shape index (κ1) is 41.0. The molecule has 1 heterocycles. The summed E-state index contributed by atoms with van der Waals surface area (Å²) in [6, 6.07) is 8.32. The number of unbranched alkanes of at least 4 members (excludes halogenated alkanes) is 7. The van der Waals surface area contributed by atoms with E-state index < -0.39 is 24.4 Å². The number of alkyl carbamates (subject to hydrolysis) is 1. The Labute approximate surface area is 296 Å². The van der Waals surface area contributed by atoms with Crippen molar-refractivity contribution in [3.8, 4) is 0 Å². The number of hydrogen-bond donors (Lipinski definition) is 3. The largest absolute Gasteiger partial charge is 2.00 e. The molecule has 1 saturated heterocycles. The van der Waals surface area contributed by atoms with Gasteiger partial charge in [0, 0.05) is 18.9 Å². The molecule has 0 bridgehead atoms. The smallest absolute Gasteiger partial charge is 0.445 e. The van der Waals surface area contributed by atoms with Crippen LogP contribution in [0, 0.1) is 63.3 Å². The van der Waals surface area contributed by atoms with Gasteiger partial charge < -0.3 is 24.7 Å². The zero-order chi connectivity index (χ0) is 32.5. The fraction of sp³-hybridized carbons (Fsp3) is 0.500. The number of ether oxygens (including phenoxy) is 1. The zero-order valence-corrected chi connectivity index (χ0v) is 29.8. The Balaban J connectivity index is 0.00000112. The van der Waals surface area contributed by atoms with Gasteiger partial charge in [0.05, 0.1) is 17.2 Å². The maximum atomic E-state index is 12.3. The van der Waals surface area contributed by atoms with Gasteiger partial charge in [-0.15, -0.1) is 0 Å². The van der Waals surface area contributed by atoms with Gasteiger partial charge in [0.2, 0.25) is 5.91 Å². The van der Waals surface area contributed by atoms with Crippen molar-refractivity contribution in [1.82, 2.24) is 10.6 Å². The molecule has 0 atom stereocenters. The van der Waals surface area contributed by atoms with Crippen molar-refractivity contribution in [1.29, 1.82) is 0 Å². The van der Waals surface area contributed by atoms with E-state index in [4.69, 9.17) is 14.0 Å². The molecule has 2 saturated carbocycles. The average molecular weight is 691 g/mol. The first-order valence-electron chi connectivity index (χ1n) is 16.3. The summed E-state index contributed by atoms with van der Waals surface area (Å²) in [4.78, 5) is 24.5. The van der Waals surface area contributed by atoms with Gasteiger partial charge in [0.1, 0.15) is 6.61 Å². The molecule has 0 unspecified atom stereocenters. The van der Waals surface area contributed by atoms with E-state index >= 15 is 0 Å². The number of amides is 2. The topological polar surface area (TPSA) is 85.9 Å². The predicted octanol–water partition coefficient (Wildman–Crippen LogP) is 6.52.